The van der Waals surface area contributed by atoms with Crippen LogP contribution >= 0.6 is 0 Å². The van der Waals surface area contributed by atoms with Crippen molar-refractivity contribution in [2.24, 2.45) is 0 Å². The van der Waals surface area contributed by atoms with Crippen molar-refractivity contribution in [1.82, 2.24) is 14.5 Å². The Bertz CT molecular complexity index is 477. The van der Waals surface area contributed by atoms with Crippen molar-refractivity contribution in [2.45, 2.75) is 26.4 Å². The summed E-state index contributed by atoms with van der Waals surface area (Å²) in [5, 5.41) is 9.08. The minimum Gasteiger partial charge on any atom is -0.395 e. The van der Waals surface area contributed by atoms with E-state index in [1.807, 2.05) is 10.8 Å². The second-order valence-electron chi connectivity index (χ2n) is 4.92. The van der Waals surface area contributed by atoms with Gasteiger partial charge in [0.15, 0.2) is 0 Å². The van der Waals surface area contributed by atoms with Crippen LogP contribution in [-0.4, -0.2) is 38.8 Å². The number of hydrogen-bond donors (Lipinski definition) is 1. The van der Waals surface area contributed by atoms with Crippen LogP contribution in [0, 0.1) is 0 Å². The first-order valence-electron chi connectivity index (χ1n) is 6.63. The van der Waals surface area contributed by atoms with Gasteiger partial charge >= 0.3 is 0 Å². The molecule has 0 fully saturated rings. The Hall–Kier alpha value is -1.65. The number of nitrogens with zero attached hydrogens (tertiary/aromatic N) is 3. The van der Waals surface area contributed by atoms with Crippen LogP contribution in [0.1, 0.15) is 19.4 Å². The molecule has 1 heterocycles. The predicted molar refractivity (Wildman–Crippen MR) is 76.2 cm³/mol. The normalized spacial score (nSPS) is 11.4. The Labute approximate surface area is 114 Å². The molecule has 0 aliphatic carbocycles. The summed E-state index contributed by atoms with van der Waals surface area (Å²) in [6.45, 7) is 6.07. The Morgan fingerprint density at radius 2 is 2.00 bits per heavy atom. The Kier molecular flexibility index (Phi) is 4.71. The van der Waals surface area contributed by atoms with Gasteiger partial charge in [0.25, 0.3) is 0 Å². The van der Waals surface area contributed by atoms with Gasteiger partial charge in [-0.1, -0.05) is 12.1 Å². The van der Waals surface area contributed by atoms with Gasteiger partial charge in [0, 0.05) is 37.2 Å². The van der Waals surface area contributed by atoms with E-state index >= 15 is 0 Å². The molecular weight excluding hydrogens is 238 g/mol. The molecule has 2 aromatic rings. The van der Waals surface area contributed by atoms with Crippen molar-refractivity contribution in [1.29, 1.82) is 0 Å². The first kappa shape index (κ1) is 13.8. The zero-order valence-electron chi connectivity index (χ0n) is 11.5. The fraction of sp³-hybridized carbons (Fsp3) is 0.400. The average Bonchev–Trinajstić information content (AvgIpc) is 2.93. The predicted octanol–water partition coefficient (Wildman–Crippen LogP) is 2.08. The van der Waals surface area contributed by atoms with Gasteiger partial charge in [-0.2, -0.15) is 0 Å². The number of imidazole rings is 1. The lowest BCUT2D eigenvalue weighted by Gasteiger charge is -2.25. The SMILES string of the molecule is CC(C)N(CCO)Cc1ccc(-n2ccnc2)cc1. The summed E-state index contributed by atoms with van der Waals surface area (Å²) in [5.41, 5.74) is 2.37. The van der Waals surface area contributed by atoms with E-state index in [1.54, 1.807) is 12.5 Å². The maximum Gasteiger partial charge on any atom is 0.0991 e. The average molecular weight is 259 g/mol. The number of benzene rings is 1. The van der Waals surface area contributed by atoms with E-state index in [0.717, 1.165) is 12.2 Å². The van der Waals surface area contributed by atoms with Crippen molar-refractivity contribution >= 4 is 0 Å². The van der Waals surface area contributed by atoms with Crippen LogP contribution in [-0.2, 0) is 6.54 Å². The van der Waals surface area contributed by atoms with Gasteiger partial charge in [-0.3, -0.25) is 4.90 Å². The van der Waals surface area contributed by atoms with Gasteiger partial charge in [-0.05, 0) is 31.5 Å². The Balaban J connectivity index is 2.06. The molecule has 4 nitrogen and oxygen atoms in total. The molecule has 1 aromatic heterocycles. The molecule has 4 heteroatoms. The maximum absolute atomic E-state index is 9.08. The van der Waals surface area contributed by atoms with Crippen LogP contribution in [0.3, 0.4) is 0 Å². The molecule has 0 spiro atoms. The third-order valence-electron chi connectivity index (χ3n) is 3.24. The molecule has 1 N–H and O–H groups in total. The largest absolute Gasteiger partial charge is 0.395 e. The minimum atomic E-state index is 0.200. The maximum atomic E-state index is 9.08. The van der Waals surface area contributed by atoms with Gasteiger partial charge < -0.3 is 9.67 Å². The number of rotatable bonds is 6. The van der Waals surface area contributed by atoms with Crippen molar-refractivity contribution in [3.63, 3.8) is 0 Å². The summed E-state index contributed by atoms with van der Waals surface area (Å²) in [6.07, 6.45) is 5.50. The van der Waals surface area contributed by atoms with E-state index in [9.17, 15) is 0 Å². The van der Waals surface area contributed by atoms with Crippen LogP contribution < -0.4 is 0 Å². The number of aromatic nitrogens is 2. The van der Waals surface area contributed by atoms with Gasteiger partial charge in [0.1, 0.15) is 0 Å². The molecule has 0 atom stereocenters. The van der Waals surface area contributed by atoms with Gasteiger partial charge in [-0.25, -0.2) is 4.98 Å². The summed E-state index contributed by atoms with van der Waals surface area (Å²) in [4.78, 5) is 6.30. The van der Waals surface area contributed by atoms with Crippen LogP contribution in [0.4, 0.5) is 0 Å². The van der Waals surface area contributed by atoms with E-state index in [2.05, 4.69) is 48.0 Å². The highest BCUT2D eigenvalue weighted by atomic mass is 16.3. The van der Waals surface area contributed by atoms with Gasteiger partial charge in [0.05, 0.1) is 12.9 Å². The Morgan fingerprint density at radius 1 is 1.26 bits per heavy atom. The lowest BCUT2D eigenvalue weighted by molar-refractivity contribution is 0.159. The van der Waals surface area contributed by atoms with Crippen molar-refractivity contribution in [3.8, 4) is 5.69 Å². The van der Waals surface area contributed by atoms with E-state index in [0.29, 0.717) is 12.6 Å². The molecule has 0 saturated carbocycles. The summed E-state index contributed by atoms with van der Waals surface area (Å²) >= 11 is 0. The van der Waals surface area contributed by atoms with Crippen LogP contribution in [0.15, 0.2) is 43.0 Å². The van der Waals surface area contributed by atoms with Gasteiger partial charge in [0.2, 0.25) is 0 Å². The molecule has 0 bridgehead atoms. The monoisotopic (exact) mass is 259 g/mol. The van der Waals surface area contributed by atoms with Gasteiger partial charge in [-0.15, -0.1) is 0 Å². The minimum absolute atomic E-state index is 0.200. The summed E-state index contributed by atoms with van der Waals surface area (Å²) in [5.74, 6) is 0. The van der Waals surface area contributed by atoms with Crippen molar-refractivity contribution in [3.05, 3.63) is 48.5 Å². The standard InChI is InChI=1S/C15H21N3O/c1-13(2)17(9-10-19)11-14-3-5-15(6-4-14)18-8-7-16-12-18/h3-8,12-13,19H,9-11H2,1-2H3. The lowest BCUT2D eigenvalue weighted by atomic mass is 10.1. The molecule has 0 aliphatic rings. The summed E-state index contributed by atoms with van der Waals surface area (Å²) in [6, 6.07) is 8.87. The quantitative estimate of drug-likeness (QED) is 0.863. The molecule has 2 rings (SSSR count). The van der Waals surface area contributed by atoms with Crippen molar-refractivity contribution in [2.75, 3.05) is 13.2 Å². The zero-order chi connectivity index (χ0) is 13.7. The molecule has 19 heavy (non-hydrogen) atoms. The molecular formula is C15H21N3O. The molecule has 102 valence electrons. The lowest BCUT2D eigenvalue weighted by Crippen LogP contribution is -2.32. The second-order valence-corrected chi connectivity index (χ2v) is 4.92. The third kappa shape index (κ3) is 3.66. The summed E-state index contributed by atoms with van der Waals surface area (Å²) < 4.78 is 1.98. The molecule has 0 radical (unpaired) electrons. The van der Waals surface area contributed by atoms with Crippen molar-refractivity contribution < 1.29 is 5.11 Å². The van der Waals surface area contributed by atoms with E-state index in [1.165, 1.54) is 5.56 Å². The third-order valence-corrected chi connectivity index (χ3v) is 3.24. The Morgan fingerprint density at radius 3 is 2.53 bits per heavy atom. The topological polar surface area (TPSA) is 41.3 Å². The first-order chi connectivity index (χ1) is 9.20. The van der Waals surface area contributed by atoms with Crippen LogP contribution in [0.25, 0.3) is 5.69 Å². The fourth-order valence-corrected chi connectivity index (χ4v) is 2.07. The molecule has 1 aromatic carbocycles. The number of aliphatic hydroxyl groups excluding tert-OH is 1. The van der Waals surface area contributed by atoms with Crippen LogP contribution in [0.5, 0.6) is 0 Å². The highest BCUT2D eigenvalue weighted by Crippen LogP contribution is 2.12. The molecule has 0 amide bonds. The molecule has 0 saturated heterocycles. The highest BCUT2D eigenvalue weighted by Gasteiger charge is 2.09. The number of hydrogen-bond acceptors (Lipinski definition) is 3. The van der Waals surface area contributed by atoms with E-state index in [-0.39, 0.29) is 6.61 Å². The first-order valence-corrected chi connectivity index (χ1v) is 6.63. The number of aliphatic hydroxyl groups is 1. The molecule has 0 unspecified atom stereocenters. The van der Waals surface area contributed by atoms with E-state index < -0.39 is 0 Å². The van der Waals surface area contributed by atoms with Crippen LogP contribution in [0.2, 0.25) is 0 Å². The highest BCUT2D eigenvalue weighted by molar-refractivity contribution is 5.34. The fourth-order valence-electron chi connectivity index (χ4n) is 2.07. The second kappa shape index (κ2) is 6.50. The zero-order valence-corrected chi connectivity index (χ0v) is 11.5. The summed E-state index contributed by atoms with van der Waals surface area (Å²) in [7, 11) is 0. The smallest absolute Gasteiger partial charge is 0.0991 e. The molecule has 0 aliphatic heterocycles. The van der Waals surface area contributed by atoms with E-state index in [4.69, 9.17) is 5.11 Å².